The molecule has 68 valence electrons. The van der Waals surface area contributed by atoms with Gasteiger partial charge in [-0.05, 0) is 12.1 Å². The van der Waals surface area contributed by atoms with Crippen molar-refractivity contribution in [2.24, 2.45) is 0 Å². The second kappa shape index (κ2) is 4.90. The van der Waals surface area contributed by atoms with Gasteiger partial charge in [0.2, 0.25) is 0 Å². The van der Waals surface area contributed by atoms with Crippen LogP contribution in [0.2, 0.25) is 0 Å². The molecule has 3 nitrogen and oxygen atoms in total. The zero-order valence-electron chi connectivity index (χ0n) is 7.02. The van der Waals surface area contributed by atoms with Gasteiger partial charge in [-0.25, -0.2) is 8.42 Å². The molecule has 0 atom stereocenters. The van der Waals surface area contributed by atoms with Crippen LogP contribution in [-0.4, -0.2) is 13.0 Å². The molecule has 4 heteroatoms. The first-order valence-electron chi connectivity index (χ1n) is 3.61. The van der Waals surface area contributed by atoms with Gasteiger partial charge in [0.25, 0.3) is 0 Å². The summed E-state index contributed by atoms with van der Waals surface area (Å²) in [5, 5.41) is 0. The minimum atomic E-state index is -4.25. The maximum Gasteiger partial charge on any atom is 0.124 e. The fraction of sp³-hybridized carbons (Fsp3) is 0.250. The summed E-state index contributed by atoms with van der Waals surface area (Å²) in [5.41, 5.74) is 0. The Morgan fingerprint density at radius 3 is 1.75 bits per heavy atom. The minimum Gasteiger partial charge on any atom is -0.744 e. The monoisotopic (exact) mass is 187 g/mol. The van der Waals surface area contributed by atoms with Crippen molar-refractivity contribution in [3.63, 3.8) is 0 Å². The van der Waals surface area contributed by atoms with Crippen LogP contribution in [-0.2, 0) is 10.1 Å². The van der Waals surface area contributed by atoms with E-state index in [1.807, 2.05) is 13.8 Å². The molecule has 0 unspecified atom stereocenters. The molecule has 0 saturated carbocycles. The summed E-state index contributed by atoms with van der Waals surface area (Å²) in [6, 6.07) is 7.19. The van der Waals surface area contributed by atoms with E-state index >= 15 is 0 Å². The molecular formula is C8H11O3S-. The van der Waals surface area contributed by atoms with Crippen LogP contribution < -0.4 is 0 Å². The molecule has 0 amide bonds. The molecule has 1 aromatic carbocycles. The molecule has 0 N–H and O–H groups in total. The lowest BCUT2D eigenvalue weighted by Gasteiger charge is -2.04. The van der Waals surface area contributed by atoms with Crippen molar-refractivity contribution in [1.82, 2.24) is 0 Å². The highest BCUT2D eigenvalue weighted by molar-refractivity contribution is 7.85. The van der Waals surface area contributed by atoms with Gasteiger partial charge in [0.05, 0.1) is 4.90 Å². The molecule has 1 aromatic rings. The molecule has 0 spiro atoms. The Kier molecular flexibility index (Phi) is 4.54. The van der Waals surface area contributed by atoms with Crippen LogP contribution in [0, 0.1) is 0 Å². The van der Waals surface area contributed by atoms with Crippen molar-refractivity contribution in [3.05, 3.63) is 30.3 Å². The molecule has 0 bridgehead atoms. The predicted molar refractivity (Wildman–Crippen MR) is 45.8 cm³/mol. The Labute approximate surface area is 72.8 Å². The Morgan fingerprint density at radius 2 is 1.50 bits per heavy atom. The van der Waals surface area contributed by atoms with E-state index < -0.39 is 10.1 Å². The summed E-state index contributed by atoms with van der Waals surface area (Å²) >= 11 is 0. The van der Waals surface area contributed by atoms with Crippen LogP contribution in [0.3, 0.4) is 0 Å². The summed E-state index contributed by atoms with van der Waals surface area (Å²) < 4.78 is 30.8. The fourth-order valence-corrected chi connectivity index (χ4v) is 1.08. The third kappa shape index (κ3) is 3.50. The van der Waals surface area contributed by atoms with Gasteiger partial charge in [-0.15, -0.1) is 0 Å². The Hall–Kier alpha value is -0.870. The third-order valence-electron chi connectivity index (χ3n) is 1.03. The van der Waals surface area contributed by atoms with Crippen molar-refractivity contribution in [2.45, 2.75) is 18.7 Å². The number of hydrogen-bond donors (Lipinski definition) is 0. The van der Waals surface area contributed by atoms with E-state index in [2.05, 4.69) is 0 Å². The fourth-order valence-electron chi connectivity index (χ4n) is 0.587. The highest BCUT2D eigenvalue weighted by Gasteiger charge is 1.95. The van der Waals surface area contributed by atoms with E-state index in [1.165, 1.54) is 24.3 Å². The Balaban J connectivity index is 0.000000561. The second-order valence-electron chi connectivity index (χ2n) is 1.77. The molecule has 12 heavy (non-hydrogen) atoms. The van der Waals surface area contributed by atoms with Crippen molar-refractivity contribution in [3.8, 4) is 0 Å². The van der Waals surface area contributed by atoms with E-state index in [1.54, 1.807) is 6.07 Å². The van der Waals surface area contributed by atoms with Crippen LogP contribution in [0.1, 0.15) is 13.8 Å². The number of hydrogen-bond acceptors (Lipinski definition) is 3. The largest absolute Gasteiger partial charge is 0.744 e. The Morgan fingerprint density at radius 1 is 1.08 bits per heavy atom. The van der Waals surface area contributed by atoms with Gasteiger partial charge in [-0.3, -0.25) is 0 Å². The van der Waals surface area contributed by atoms with E-state index in [4.69, 9.17) is 0 Å². The van der Waals surface area contributed by atoms with Gasteiger partial charge in [0.1, 0.15) is 10.1 Å². The highest BCUT2D eigenvalue weighted by Crippen LogP contribution is 2.04. The van der Waals surface area contributed by atoms with Crippen LogP contribution in [0.15, 0.2) is 35.2 Å². The SMILES string of the molecule is CC.O=S(=O)([O-])c1ccccc1. The first-order chi connectivity index (χ1) is 5.61. The predicted octanol–water partition coefficient (Wildman–Crippen LogP) is 1.62. The van der Waals surface area contributed by atoms with Crippen molar-refractivity contribution in [1.29, 1.82) is 0 Å². The summed E-state index contributed by atoms with van der Waals surface area (Å²) in [7, 11) is -4.25. The topological polar surface area (TPSA) is 57.2 Å². The standard InChI is InChI=1S/C6H6O3S.C2H6/c7-10(8,9)6-4-2-1-3-5-6;1-2/h1-5H,(H,7,8,9);1-2H3/p-1. The summed E-state index contributed by atoms with van der Waals surface area (Å²) in [6.45, 7) is 4.00. The quantitative estimate of drug-likeness (QED) is 0.628. The van der Waals surface area contributed by atoms with Gasteiger partial charge in [0, 0.05) is 0 Å². The molecule has 0 saturated heterocycles. The lowest BCUT2D eigenvalue weighted by Crippen LogP contribution is -1.96. The normalized spacial score (nSPS) is 9.92. The average molecular weight is 187 g/mol. The summed E-state index contributed by atoms with van der Waals surface area (Å²) in [4.78, 5) is -0.185. The lowest BCUT2D eigenvalue weighted by molar-refractivity contribution is 0.463. The van der Waals surface area contributed by atoms with E-state index in [-0.39, 0.29) is 4.90 Å². The Bertz CT molecular complexity index is 302. The number of benzene rings is 1. The lowest BCUT2D eigenvalue weighted by atomic mass is 10.4. The van der Waals surface area contributed by atoms with E-state index in [9.17, 15) is 13.0 Å². The third-order valence-corrected chi connectivity index (χ3v) is 1.88. The smallest absolute Gasteiger partial charge is 0.124 e. The zero-order chi connectivity index (χ0) is 9.61. The minimum absolute atomic E-state index is 0.185. The molecule has 0 aliphatic rings. The molecule has 0 aromatic heterocycles. The van der Waals surface area contributed by atoms with Gasteiger partial charge in [-0.2, -0.15) is 0 Å². The molecular weight excluding hydrogens is 176 g/mol. The highest BCUT2D eigenvalue weighted by atomic mass is 32.2. The molecule has 0 fully saturated rings. The van der Waals surface area contributed by atoms with Gasteiger partial charge < -0.3 is 4.55 Å². The first kappa shape index (κ1) is 11.1. The maximum atomic E-state index is 10.3. The maximum absolute atomic E-state index is 10.3. The molecule has 0 aliphatic heterocycles. The first-order valence-corrected chi connectivity index (χ1v) is 5.02. The molecule has 1 rings (SSSR count). The summed E-state index contributed by atoms with van der Waals surface area (Å²) in [6.07, 6.45) is 0. The molecule has 0 heterocycles. The molecule has 0 radical (unpaired) electrons. The van der Waals surface area contributed by atoms with Gasteiger partial charge >= 0.3 is 0 Å². The van der Waals surface area contributed by atoms with Crippen LogP contribution >= 0.6 is 0 Å². The van der Waals surface area contributed by atoms with Crippen molar-refractivity contribution in [2.75, 3.05) is 0 Å². The van der Waals surface area contributed by atoms with Crippen LogP contribution in [0.5, 0.6) is 0 Å². The molecule has 0 aliphatic carbocycles. The zero-order valence-corrected chi connectivity index (χ0v) is 7.84. The van der Waals surface area contributed by atoms with E-state index in [0.29, 0.717) is 0 Å². The number of rotatable bonds is 1. The van der Waals surface area contributed by atoms with Gasteiger partial charge in [0.15, 0.2) is 0 Å². The second-order valence-corrected chi connectivity index (χ2v) is 3.15. The average Bonchev–Trinajstić information content (AvgIpc) is 2.08. The van der Waals surface area contributed by atoms with Crippen molar-refractivity contribution < 1.29 is 13.0 Å². The van der Waals surface area contributed by atoms with Gasteiger partial charge in [-0.1, -0.05) is 32.0 Å². The summed E-state index contributed by atoms with van der Waals surface area (Å²) in [5.74, 6) is 0. The van der Waals surface area contributed by atoms with Crippen LogP contribution in [0.25, 0.3) is 0 Å². The van der Waals surface area contributed by atoms with E-state index in [0.717, 1.165) is 0 Å². The van der Waals surface area contributed by atoms with Crippen molar-refractivity contribution >= 4 is 10.1 Å². The van der Waals surface area contributed by atoms with Crippen LogP contribution in [0.4, 0.5) is 0 Å².